The third-order valence-electron chi connectivity index (χ3n) is 3.36. The highest BCUT2D eigenvalue weighted by Gasteiger charge is 2.29. The molecule has 1 aliphatic rings. The van der Waals surface area contributed by atoms with Gasteiger partial charge in [0.2, 0.25) is 5.89 Å². The molecule has 0 unspecified atom stereocenters. The van der Waals surface area contributed by atoms with Gasteiger partial charge in [-0.25, -0.2) is 4.98 Å². The number of rotatable bonds is 2. The molecule has 5 nitrogen and oxygen atoms in total. The number of carbonyl (C=O) groups is 1. The van der Waals surface area contributed by atoms with Crippen LogP contribution in [0.15, 0.2) is 21.9 Å². The second kappa shape index (κ2) is 5.38. The molecule has 1 saturated heterocycles. The Labute approximate surface area is 121 Å². The van der Waals surface area contributed by atoms with Crippen molar-refractivity contribution in [2.24, 2.45) is 0 Å². The number of thiophene rings is 1. The predicted molar refractivity (Wildman–Crippen MR) is 75.9 cm³/mol. The van der Waals surface area contributed by atoms with E-state index in [1.54, 1.807) is 23.2 Å². The molecule has 0 spiro atoms. The van der Waals surface area contributed by atoms with Crippen molar-refractivity contribution in [2.75, 3.05) is 19.8 Å². The van der Waals surface area contributed by atoms with Crippen LogP contribution < -0.4 is 0 Å². The van der Waals surface area contributed by atoms with E-state index in [1.807, 2.05) is 24.4 Å². The molecule has 3 rings (SSSR count). The number of amides is 1. The van der Waals surface area contributed by atoms with Crippen LogP contribution in [0.5, 0.6) is 0 Å². The molecule has 106 valence electrons. The molecule has 3 heterocycles. The van der Waals surface area contributed by atoms with E-state index in [1.165, 1.54) is 0 Å². The van der Waals surface area contributed by atoms with Crippen LogP contribution >= 0.6 is 11.3 Å². The topological polar surface area (TPSA) is 55.6 Å². The second-order valence-electron chi connectivity index (χ2n) is 4.82. The molecule has 1 amide bonds. The number of hydrogen-bond acceptors (Lipinski definition) is 5. The number of carbonyl (C=O) groups excluding carboxylic acids is 1. The molecule has 0 aliphatic carbocycles. The summed E-state index contributed by atoms with van der Waals surface area (Å²) in [5.74, 6) is 1.00. The molecule has 0 bridgehead atoms. The van der Waals surface area contributed by atoms with E-state index in [0.29, 0.717) is 37.1 Å². The van der Waals surface area contributed by atoms with Crippen LogP contribution in [0.4, 0.5) is 0 Å². The summed E-state index contributed by atoms with van der Waals surface area (Å²) in [5, 5.41) is 1.96. The minimum atomic E-state index is -0.0788. The van der Waals surface area contributed by atoms with Crippen LogP contribution in [0.1, 0.15) is 23.2 Å². The van der Waals surface area contributed by atoms with E-state index >= 15 is 0 Å². The van der Waals surface area contributed by atoms with Crippen molar-refractivity contribution >= 4 is 17.2 Å². The van der Waals surface area contributed by atoms with Gasteiger partial charge in [-0.2, -0.15) is 0 Å². The number of aromatic nitrogens is 1. The van der Waals surface area contributed by atoms with Crippen molar-refractivity contribution in [3.8, 4) is 10.8 Å². The third kappa shape index (κ3) is 2.36. The van der Waals surface area contributed by atoms with Crippen molar-refractivity contribution < 1.29 is 13.9 Å². The van der Waals surface area contributed by atoms with Gasteiger partial charge < -0.3 is 14.1 Å². The molecule has 1 aliphatic heterocycles. The third-order valence-corrected chi connectivity index (χ3v) is 4.22. The molecular weight excluding hydrogens is 276 g/mol. The molecule has 20 heavy (non-hydrogen) atoms. The van der Waals surface area contributed by atoms with Crippen molar-refractivity contribution in [3.63, 3.8) is 0 Å². The van der Waals surface area contributed by atoms with E-state index in [9.17, 15) is 4.79 Å². The fourth-order valence-corrected chi connectivity index (χ4v) is 2.91. The van der Waals surface area contributed by atoms with Gasteiger partial charge in [-0.15, -0.1) is 11.3 Å². The molecule has 1 fully saturated rings. The fourth-order valence-electron chi connectivity index (χ4n) is 2.27. The van der Waals surface area contributed by atoms with Crippen molar-refractivity contribution in [2.45, 2.75) is 19.9 Å². The summed E-state index contributed by atoms with van der Waals surface area (Å²) in [4.78, 5) is 19.7. The first kappa shape index (κ1) is 13.3. The number of morpholine rings is 1. The van der Waals surface area contributed by atoms with Crippen LogP contribution in [-0.2, 0) is 4.74 Å². The number of hydrogen-bond donors (Lipinski definition) is 0. The van der Waals surface area contributed by atoms with Gasteiger partial charge in [0.1, 0.15) is 5.76 Å². The van der Waals surface area contributed by atoms with E-state index in [2.05, 4.69) is 4.98 Å². The summed E-state index contributed by atoms with van der Waals surface area (Å²) in [6, 6.07) is 3.93. The standard InChI is InChI=1S/C14H16N2O3S/c1-9-8-18-6-5-16(9)14(17)12-10(2)19-13(15-12)11-4-3-7-20-11/h3-4,7,9H,5-6,8H2,1-2H3/t9-/m0/s1. The van der Waals surface area contributed by atoms with Gasteiger partial charge in [0.05, 0.1) is 24.1 Å². The minimum Gasteiger partial charge on any atom is -0.440 e. The molecule has 2 aromatic heterocycles. The number of nitrogens with zero attached hydrogens (tertiary/aromatic N) is 2. The first-order valence-electron chi connectivity index (χ1n) is 6.57. The molecular formula is C14H16N2O3S. The molecule has 1 atom stereocenters. The maximum Gasteiger partial charge on any atom is 0.276 e. The van der Waals surface area contributed by atoms with Gasteiger partial charge in [-0.05, 0) is 25.3 Å². The van der Waals surface area contributed by atoms with Crippen LogP contribution in [0.3, 0.4) is 0 Å². The second-order valence-corrected chi connectivity index (χ2v) is 5.77. The lowest BCUT2D eigenvalue weighted by Gasteiger charge is -2.32. The smallest absolute Gasteiger partial charge is 0.276 e. The van der Waals surface area contributed by atoms with Gasteiger partial charge in [0.15, 0.2) is 5.69 Å². The largest absolute Gasteiger partial charge is 0.440 e. The normalized spacial score (nSPS) is 19.3. The quantitative estimate of drug-likeness (QED) is 0.853. The van der Waals surface area contributed by atoms with Gasteiger partial charge in [-0.3, -0.25) is 4.79 Å². The summed E-state index contributed by atoms with van der Waals surface area (Å²) >= 11 is 1.54. The Morgan fingerprint density at radius 1 is 1.55 bits per heavy atom. The van der Waals surface area contributed by atoms with Crippen LogP contribution in [-0.4, -0.2) is 41.6 Å². The lowest BCUT2D eigenvalue weighted by atomic mass is 10.2. The Balaban J connectivity index is 1.88. The Bertz CT molecular complexity index is 606. The number of aryl methyl sites for hydroxylation is 1. The van der Waals surface area contributed by atoms with Crippen LogP contribution in [0, 0.1) is 6.92 Å². The van der Waals surface area contributed by atoms with E-state index < -0.39 is 0 Å². The number of oxazole rings is 1. The maximum atomic E-state index is 12.6. The van der Waals surface area contributed by atoms with Crippen molar-refractivity contribution in [1.29, 1.82) is 0 Å². The van der Waals surface area contributed by atoms with Crippen molar-refractivity contribution in [3.05, 3.63) is 29.0 Å². The van der Waals surface area contributed by atoms with Gasteiger partial charge >= 0.3 is 0 Å². The summed E-state index contributed by atoms with van der Waals surface area (Å²) in [6.07, 6.45) is 0. The molecule has 0 saturated carbocycles. The maximum absolute atomic E-state index is 12.6. The summed E-state index contributed by atoms with van der Waals surface area (Å²) in [5.41, 5.74) is 0.405. The molecule has 0 N–H and O–H groups in total. The zero-order chi connectivity index (χ0) is 14.1. The molecule has 2 aromatic rings. The van der Waals surface area contributed by atoms with Gasteiger partial charge in [0.25, 0.3) is 5.91 Å². The van der Waals surface area contributed by atoms with E-state index in [0.717, 1.165) is 4.88 Å². The fraction of sp³-hybridized carbons (Fsp3) is 0.429. The predicted octanol–water partition coefficient (Wildman–Crippen LogP) is 2.57. The SMILES string of the molecule is Cc1oc(-c2cccs2)nc1C(=O)N1CCOC[C@@H]1C. The van der Waals surface area contributed by atoms with E-state index in [4.69, 9.17) is 9.15 Å². The van der Waals surface area contributed by atoms with Gasteiger partial charge in [0, 0.05) is 6.54 Å². The zero-order valence-electron chi connectivity index (χ0n) is 11.5. The first-order valence-corrected chi connectivity index (χ1v) is 7.45. The lowest BCUT2D eigenvalue weighted by molar-refractivity contribution is 0.00321. The van der Waals surface area contributed by atoms with E-state index in [-0.39, 0.29) is 11.9 Å². The highest BCUT2D eigenvalue weighted by Crippen LogP contribution is 2.26. The average molecular weight is 292 g/mol. The molecule has 0 aromatic carbocycles. The van der Waals surface area contributed by atoms with Crippen molar-refractivity contribution in [1.82, 2.24) is 9.88 Å². The van der Waals surface area contributed by atoms with Crippen LogP contribution in [0.2, 0.25) is 0 Å². The monoisotopic (exact) mass is 292 g/mol. The molecule has 0 radical (unpaired) electrons. The number of ether oxygens (including phenoxy) is 1. The minimum absolute atomic E-state index is 0.0672. The summed E-state index contributed by atoms with van der Waals surface area (Å²) in [7, 11) is 0. The highest BCUT2D eigenvalue weighted by atomic mass is 32.1. The highest BCUT2D eigenvalue weighted by molar-refractivity contribution is 7.13. The lowest BCUT2D eigenvalue weighted by Crippen LogP contribution is -2.47. The summed E-state index contributed by atoms with van der Waals surface area (Å²) < 4.78 is 11.0. The Kier molecular flexibility index (Phi) is 3.58. The zero-order valence-corrected chi connectivity index (χ0v) is 12.3. The first-order chi connectivity index (χ1) is 9.66. The Morgan fingerprint density at radius 3 is 3.10 bits per heavy atom. The summed E-state index contributed by atoms with van der Waals surface area (Å²) in [6.45, 7) is 5.50. The average Bonchev–Trinajstić information content (AvgIpc) is 3.07. The molecule has 6 heteroatoms. The van der Waals surface area contributed by atoms with Crippen LogP contribution in [0.25, 0.3) is 10.8 Å². The Hall–Kier alpha value is -1.66. The van der Waals surface area contributed by atoms with Gasteiger partial charge in [-0.1, -0.05) is 6.07 Å². The Morgan fingerprint density at radius 2 is 2.40 bits per heavy atom.